The second kappa shape index (κ2) is 6.01. The minimum absolute atomic E-state index is 0.0137. The van der Waals surface area contributed by atoms with E-state index in [4.69, 9.17) is 22.1 Å². The van der Waals surface area contributed by atoms with E-state index < -0.39 is 5.82 Å². The Morgan fingerprint density at radius 2 is 1.95 bits per heavy atom. The number of nitrogen functional groups attached to an aromatic ring is 1. The summed E-state index contributed by atoms with van der Waals surface area (Å²) in [5, 5.41) is 3.29. The van der Waals surface area contributed by atoms with Gasteiger partial charge in [0.05, 0.1) is 23.2 Å². The second-order valence-corrected chi connectivity index (χ2v) is 5.07. The first kappa shape index (κ1) is 14.5. The van der Waals surface area contributed by atoms with E-state index in [0.29, 0.717) is 27.8 Å². The van der Waals surface area contributed by atoms with E-state index in [2.05, 4.69) is 5.32 Å². The van der Waals surface area contributed by atoms with E-state index in [1.807, 2.05) is 13.8 Å². The Bertz CT molecular complexity index is 617. The van der Waals surface area contributed by atoms with Crippen LogP contribution in [-0.2, 0) is 0 Å². The van der Waals surface area contributed by atoms with Gasteiger partial charge in [-0.2, -0.15) is 0 Å². The maximum absolute atomic E-state index is 13.8. The largest absolute Gasteiger partial charge is 0.489 e. The maximum Gasteiger partial charge on any atom is 0.148 e. The lowest BCUT2D eigenvalue weighted by molar-refractivity contribution is 0.244. The van der Waals surface area contributed by atoms with Gasteiger partial charge in [-0.05, 0) is 44.2 Å². The second-order valence-electron chi connectivity index (χ2n) is 4.63. The average Bonchev–Trinajstić information content (AvgIpc) is 2.36. The predicted octanol–water partition coefficient (Wildman–Crippen LogP) is 4.59. The van der Waals surface area contributed by atoms with Crippen molar-refractivity contribution in [3.05, 3.63) is 47.2 Å². The highest BCUT2D eigenvalue weighted by atomic mass is 35.5. The lowest BCUT2D eigenvalue weighted by atomic mass is 10.2. The molecule has 20 heavy (non-hydrogen) atoms. The van der Waals surface area contributed by atoms with Crippen molar-refractivity contribution in [2.24, 2.45) is 0 Å². The van der Waals surface area contributed by atoms with Crippen molar-refractivity contribution in [2.75, 3.05) is 11.1 Å². The molecule has 0 heterocycles. The van der Waals surface area contributed by atoms with Gasteiger partial charge >= 0.3 is 0 Å². The number of halogens is 2. The van der Waals surface area contributed by atoms with Gasteiger partial charge in [-0.15, -0.1) is 0 Å². The van der Waals surface area contributed by atoms with E-state index in [1.54, 1.807) is 30.3 Å². The van der Waals surface area contributed by atoms with Crippen molar-refractivity contribution in [1.82, 2.24) is 0 Å². The summed E-state index contributed by atoms with van der Waals surface area (Å²) in [6.45, 7) is 3.83. The van der Waals surface area contributed by atoms with Crippen molar-refractivity contribution in [1.29, 1.82) is 0 Å². The summed E-state index contributed by atoms with van der Waals surface area (Å²) in [6, 6.07) is 9.75. The predicted molar refractivity (Wildman–Crippen MR) is 81.3 cm³/mol. The molecule has 0 aromatic heterocycles. The smallest absolute Gasteiger partial charge is 0.148 e. The van der Waals surface area contributed by atoms with E-state index in [9.17, 15) is 4.39 Å². The molecule has 0 radical (unpaired) electrons. The third-order valence-corrected chi connectivity index (χ3v) is 2.86. The Morgan fingerprint density at radius 3 is 2.60 bits per heavy atom. The molecule has 0 saturated heterocycles. The van der Waals surface area contributed by atoms with Crippen LogP contribution in [0.25, 0.3) is 0 Å². The van der Waals surface area contributed by atoms with Gasteiger partial charge in [0.2, 0.25) is 0 Å². The molecule has 3 N–H and O–H groups in total. The monoisotopic (exact) mass is 294 g/mol. The van der Waals surface area contributed by atoms with E-state index in [1.165, 1.54) is 6.07 Å². The zero-order valence-electron chi connectivity index (χ0n) is 11.3. The fourth-order valence-corrected chi connectivity index (χ4v) is 1.90. The number of hydrogen-bond acceptors (Lipinski definition) is 3. The molecule has 3 nitrogen and oxygen atoms in total. The zero-order valence-corrected chi connectivity index (χ0v) is 12.0. The molecule has 0 aliphatic heterocycles. The Labute approximate surface area is 122 Å². The highest BCUT2D eigenvalue weighted by Gasteiger charge is 2.10. The molecule has 0 atom stereocenters. The van der Waals surface area contributed by atoms with Crippen LogP contribution in [0.15, 0.2) is 36.4 Å². The van der Waals surface area contributed by atoms with Crippen LogP contribution in [0.3, 0.4) is 0 Å². The van der Waals surface area contributed by atoms with Crippen LogP contribution in [0.2, 0.25) is 5.02 Å². The SMILES string of the molecule is CC(C)Oc1cccc(Nc2ccc(Cl)cc2F)c1N. The number of nitrogens with two attached hydrogens (primary N) is 1. The van der Waals surface area contributed by atoms with Crippen LogP contribution >= 0.6 is 11.6 Å². The molecule has 2 aromatic rings. The van der Waals surface area contributed by atoms with Gasteiger partial charge in [-0.3, -0.25) is 0 Å². The minimum atomic E-state index is -0.438. The van der Waals surface area contributed by atoms with Crippen LogP contribution in [0.4, 0.5) is 21.5 Å². The first-order chi connectivity index (χ1) is 9.47. The molecule has 0 unspecified atom stereocenters. The molecule has 0 aliphatic rings. The molecular formula is C15H16ClFN2O. The van der Waals surface area contributed by atoms with Gasteiger partial charge in [0.15, 0.2) is 0 Å². The topological polar surface area (TPSA) is 47.3 Å². The van der Waals surface area contributed by atoms with Crippen molar-refractivity contribution in [2.45, 2.75) is 20.0 Å². The summed E-state index contributed by atoms with van der Waals surface area (Å²) in [7, 11) is 0. The standard InChI is InChI=1S/C15H16ClFN2O/c1-9(2)20-14-5-3-4-13(15(14)18)19-12-7-6-10(16)8-11(12)17/h3-9,19H,18H2,1-2H3. The molecular weight excluding hydrogens is 279 g/mol. The summed E-state index contributed by atoms with van der Waals surface area (Å²) >= 11 is 5.72. The van der Waals surface area contributed by atoms with Gasteiger partial charge in [-0.1, -0.05) is 17.7 Å². The van der Waals surface area contributed by atoms with Crippen molar-refractivity contribution in [3.63, 3.8) is 0 Å². The van der Waals surface area contributed by atoms with Crippen molar-refractivity contribution in [3.8, 4) is 5.75 Å². The molecule has 2 rings (SSSR count). The lowest BCUT2D eigenvalue weighted by Gasteiger charge is -2.16. The van der Waals surface area contributed by atoms with Crippen molar-refractivity contribution >= 4 is 28.7 Å². The Morgan fingerprint density at radius 1 is 1.20 bits per heavy atom. The normalized spacial score (nSPS) is 10.7. The summed E-state index contributed by atoms with van der Waals surface area (Å²) in [5.41, 5.74) is 7.36. The van der Waals surface area contributed by atoms with Crippen LogP contribution < -0.4 is 15.8 Å². The molecule has 2 aromatic carbocycles. The number of anilines is 3. The van der Waals surface area contributed by atoms with Crippen molar-refractivity contribution < 1.29 is 9.13 Å². The van der Waals surface area contributed by atoms with Crippen LogP contribution in [0.5, 0.6) is 5.75 Å². The molecule has 0 fully saturated rings. The van der Waals surface area contributed by atoms with Gasteiger partial charge < -0.3 is 15.8 Å². The lowest BCUT2D eigenvalue weighted by Crippen LogP contribution is -2.08. The number of benzene rings is 2. The highest BCUT2D eigenvalue weighted by molar-refractivity contribution is 6.30. The third kappa shape index (κ3) is 3.33. The highest BCUT2D eigenvalue weighted by Crippen LogP contribution is 2.33. The van der Waals surface area contributed by atoms with Gasteiger partial charge in [0.1, 0.15) is 11.6 Å². The number of hydrogen-bond donors (Lipinski definition) is 2. The van der Waals surface area contributed by atoms with Gasteiger partial charge in [0.25, 0.3) is 0 Å². The van der Waals surface area contributed by atoms with Gasteiger partial charge in [0, 0.05) is 5.02 Å². The van der Waals surface area contributed by atoms with Crippen LogP contribution in [-0.4, -0.2) is 6.10 Å². The van der Waals surface area contributed by atoms with E-state index in [-0.39, 0.29) is 6.10 Å². The fraction of sp³-hybridized carbons (Fsp3) is 0.200. The average molecular weight is 295 g/mol. The number of rotatable bonds is 4. The first-order valence-corrected chi connectivity index (χ1v) is 6.62. The van der Waals surface area contributed by atoms with E-state index in [0.717, 1.165) is 0 Å². The molecule has 0 saturated carbocycles. The number of nitrogens with one attached hydrogen (secondary N) is 1. The summed E-state index contributed by atoms with van der Waals surface area (Å²) < 4.78 is 19.4. The number of para-hydroxylation sites is 1. The Hall–Kier alpha value is -1.94. The summed E-state index contributed by atoms with van der Waals surface area (Å²) in [4.78, 5) is 0. The molecule has 0 spiro atoms. The third-order valence-electron chi connectivity index (χ3n) is 2.63. The van der Waals surface area contributed by atoms with Crippen LogP contribution in [0, 0.1) is 5.82 Å². The number of ether oxygens (including phenoxy) is 1. The quantitative estimate of drug-likeness (QED) is 0.811. The molecule has 5 heteroatoms. The minimum Gasteiger partial charge on any atom is -0.489 e. The molecule has 0 amide bonds. The Balaban J connectivity index is 2.29. The molecule has 0 bridgehead atoms. The van der Waals surface area contributed by atoms with E-state index >= 15 is 0 Å². The maximum atomic E-state index is 13.8. The van der Waals surface area contributed by atoms with Crippen LogP contribution in [0.1, 0.15) is 13.8 Å². The van der Waals surface area contributed by atoms with Gasteiger partial charge in [-0.25, -0.2) is 4.39 Å². The molecule has 0 aliphatic carbocycles. The zero-order chi connectivity index (χ0) is 14.7. The molecule has 106 valence electrons. The Kier molecular flexibility index (Phi) is 4.35. The summed E-state index contributed by atoms with van der Waals surface area (Å²) in [6.07, 6.45) is 0.0137. The first-order valence-electron chi connectivity index (χ1n) is 6.24. The summed E-state index contributed by atoms with van der Waals surface area (Å²) in [5.74, 6) is 0.131. The fourth-order valence-electron chi connectivity index (χ4n) is 1.75.